The highest BCUT2D eigenvalue weighted by Crippen LogP contribution is 2.17. The molecule has 0 saturated carbocycles. The third-order valence-electron chi connectivity index (χ3n) is 2.22. The van der Waals surface area contributed by atoms with Gasteiger partial charge in [-0.1, -0.05) is 17.7 Å². The third-order valence-corrected chi connectivity index (χ3v) is 2.43. The summed E-state index contributed by atoms with van der Waals surface area (Å²) in [5.41, 5.74) is 1.93. The highest BCUT2D eigenvalue weighted by Gasteiger charge is 1.99. The first-order valence-corrected chi connectivity index (χ1v) is 5.41. The summed E-state index contributed by atoms with van der Waals surface area (Å²) in [4.78, 5) is 4.20. The first-order valence-electron chi connectivity index (χ1n) is 5.03. The summed E-state index contributed by atoms with van der Waals surface area (Å²) in [6, 6.07) is 9.57. The van der Waals surface area contributed by atoms with E-state index in [0.717, 1.165) is 16.5 Å². The molecule has 84 valence electrons. The molecule has 0 aliphatic carbocycles. The predicted octanol–water partition coefficient (Wildman–Crippen LogP) is 2.40. The zero-order chi connectivity index (χ0) is 11.4. The number of rotatable bonds is 4. The SMILES string of the molecule is OCCOCc1ccc2nc(Cl)ccc2c1. The van der Waals surface area contributed by atoms with Gasteiger partial charge in [-0.15, -0.1) is 0 Å². The molecule has 1 heterocycles. The Bertz CT molecular complexity index is 487. The molecule has 0 atom stereocenters. The molecule has 0 radical (unpaired) electrons. The van der Waals surface area contributed by atoms with Gasteiger partial charge in [0, 0.05) is 5.39 Å². The summed E-state index contributed by atoms with van der Waals surface area (Å²) in [5.74, 6) is 0. The number of ether oxygens (including phenoxy) is 1. The van der Waals surface area contributed by atoms with Gasteiger partial charge in [0.15, 0.2) is 0 Å². The summed E-state index contributed by atoms with van der Waals surface area (Å²) < 4.78 is 5.25. The summed E-state index contributed by atoms with van der Waals surface area (Å²) in [7, 11) is 0. The van der Waals surface area contributed by atoms with E-state index in [9.17, 15) is 0 Å². The summed E-state index contributed by atoms with van der Waals surface area (Å²) >= 11 is 5.80. The first-order chi connectivity index (χ1) is 7.79. The van der Waals surface area contributed by atoms with E-state index < -0.39 is 0 Å². The van der Waals surface area contributed by atoms with Crippen molar-refractivity contribution in [3.8, 4) is 0 Å². The molecule has 2 rings (SSSR count). The number of hydrogen-bond donors (Lipinski definition) is 1. The minimum absolute atomic E-state index is 0.0464. The predicted molar refractivity (Wildman–Crippen MR) is 63.5 cm³/mol. The fraction of sp³-hybridized carbons (Fsp3) is 0.250. The maximum Gasteiger partial charge on any atom is 0.129 e. The van der Waals surface area contributed by atoms with Gasteiger partial charge in [0.05, 0.1) is 25.3 Å². The van der Waals surface area contributed by atoms with Gasteiger partial charge in [-0.3, -0.25) is 0 Å². The lowest BCUT2D eigenvalue weighted by atomic mass is 10.1. The van der Waals surface area contributed by atoms with Gasteiger partial charge in [0.1, 0.15) is 5.15 Å². The molecule has 2 aromatic rings. The number of nitrogens with zero attached hydrogens (tertiary/aromatic N) is 1. The number of fused-ring (bicyclic) bond motifs is 1. The van der Waals surface area contributed by atoms with E-state index in [1.807, 2.05) is 24.3 Å². The highest BCUT2D eigenvalue weighted by atomic mass is 35.5. The maximum absolute atomic E-state index is 8.60. The summed E-state index contributed by atoms with van der Waals surface area (Å²) in [5, 5.41) is 10.1. The Labute approximate surface area is 98.6 Å². The fourth-order valence-corrected chi connectivity index (χ4v) is 1.65. The topological polar surface area (TPSA) is 42.4 Å². The maximum atomic E-state index is 8.60. The lowest BCUT2D eigenvalue weighted by Crippen LogP contribution is -1.99. The second kappa shape index (κ2) is 5.25. The zero-order valence-electron chi connectivity index (χ0n) is 8.69. The van der Waals surface area contributed by atoms with E-state index in [1.165, 1.54) is 0 Å². The van der Waals surface area contributed by atoms with E-state index in [0.29, 0.717) is 18.4 Å². The molecule has 0 aliphatic heterocycles. The molecule has 1 N–H and O–H groups in total. The zero-order valence-corrected chi connectivity index (χ0v) is 9.44. The first kappa shape index (κ1) is 11.3. The average Bonchev–Trinajstić information content (AvgIpc) is 2.29. The van der Waals surface area contributed by atoms with Crippen LogP contribution in [0.5, 0.6) is 0 Å². The molecule has 0 aliphatic rings. The third kappa shape index (κ3) is 2.70. The van der Waals surface area contributed by atoms with Crippen LogP contribution in [0.4, 0.5) is 0 Å². The molecule has 0 unspecified atom stereocenters. The number of aliphatic hydroxyl groups excluding tert-OH is 1. The van der Waals surface area contributed by atoms with Crippen molar-refractivity contribution in [1.82, 2.24) is 4.98 Å². The quantitative estimate of drug-likeness (QED) is 0.656. The van der Waals surface area contributed by atoms with Gasteiger partial charge in [-0.2, -0.15) is 0 Å². The Balaban J connectivity index is 2.20. The van der Waals surface area contributed by atoms with Gasteiger partial charge in [-0.05, 0) is 29.8 Å². The van der Waals surface area contributed by atoms with Crippen molar-refractivity contribution in [2.24, 2.45) is 0 Å². The van der Waals surface area contributed by atoms with E-state index >= 15 is 0 Å². The van der Waals surface area contributed by atoms with Gasteiger partial charge < -0.3 is 9.84 Å². The molecule has 0 amide bonds. The molecule has 0 fully saturated rings. The highest BCUT2D eigenvalue weighted by molar-refractivity contribution is 6.29. The fourth-order valence-electron chi connectivity index (χ4n) is 1.49. The average molecular weight is 238 g/mol. The number of aromatic nitrogens is 1. The molecular weight excluding hydrogens is 226 g/mol. The van der Waals surface area contributed by atoms with Gasteiger partial charge in [0.2, 0.25) is 0 Å². The van der Waals surface area contributed by atoms with Gasteiger partial charge in [-0.25, -0.2) is 4.98 Å². The molecule has 4 heteroatoms. The van der Waals surface area contributed by atoms with Crippen LogP contribution in [0.3, 0.4) is 0 Å². The normalized spacial score (nSPS) is 10.9. The molecule has 0 bridgehead atoms. The number of pyridine rings is 1. The van der Waals surface area contributed by atoms with Crippen LogP contribution in [0.2, 0.25) is 5.15 Å². The monoisotopic (exact) mass is 237 g/mol. The Morgan fingerprint density at radius 2 is 2.12 bits per heavy atom. The Morgan fingerprint density at radius 3 is 2.94 bits per heavy atom. The second-order valence-electron chi connectivity index (χ2n) is 3.44. The lowest BCUT2D eigenvalue weighted by molar-refractivity contribution is 0.0816. The number of benzene rings is 1. The van der Waals surface area contributed by atoms with Crippen LogP contribution in [0, 0.1) is 0 Å². The van der Waals surface area contributed by atoms with Gasteiger partial charge in [0.25, 0.3) is 0 Å². The smallest absolute Gasteiger partial charge is 0.129 e. The minimum Gasteiger partial charge on any atom is -0.394 e. The van der Waals surface area contributed by atoms with Crippen molar-refractivity contribution in [1.29, 1.82) is 0 Å². The van der Waals surface area contributed by atoms with Crippen molar-refractivity contribution >= 4 is 22.5 Å². The van der Waals surface area contributed by atoms with Crippen LogP contribution in [-0.4, -0.2) is 23.3 Å². The van der Waals surface area contributed by atoms with E-state index in [-0.39, 0.29) is 6.61 Å². The molecule has 16 heavy (non-hydrogen) atoms. The molecule has 0 spiro atoms. The van der Waals surface area contributed by atoms with Gasteiger partial charge >= 0.3 is 0 Å². The van der Waals surface area contributed by atoms with Crippen molar-refractivity contribution in [3.05, 3.63) is 41.0 Å². The van der Waals surface area contributed by atoms with Crippen LogP contribution in [0.15, 0.2) is 30.3 Å². The van der Waals surface area contributed by atoms with E-state index in [4.69, 9.17) is 21.4 Å². The van der Waals surface area contributed by atoms with Crippen LogP contribution in [-0.2, 0) is 11.3 Å². The molecule has 0 saturated heterocycles. The van der Waals surface area contributed by atoms with Crippen LogP contribution >= 0.6 is 11.6 Å². The molecule has 1 aromatic carbocycles. The lowest BCUT2D eigenvalue weighted by Gasteiger charge is -2.04. The van der Waals surface area contributed by atoms with Crippen molar-refractivity contribution in [2.75, 3.05) is 13.2 Å². The van der Waals surface area contributed by atoms with E-state index in [2.05, 4.69) is 4.98 Å². The summed E-state index contributed by atoms with van der Waals surface area (Å²) in [6.07, 6.45) is 0. The molecular formula is C12H12ClNO2. The largest absolute Gasteiger partial charge is 0.394 e. The second-order valence-corrected chi connectivity index (χ2v) is 3.82. The van der Waals surface area contributed by atoms with E-state index in [1.54, 1.807) is 6.07 Å². The van der Waals surface area contributed by atoms with Crippen molar-refractivity contribution in [2.45, 2.75) is 6.61 Å². The Kier molecular flexibility index (Phi) is 3.72. The van der Waals surface area contributed by atoms with Crippen LogP contribution in [0.1, 0.15) is 5.56 Å². The molecule has 1 aromatic heterocycles. The Morgan fingerprint density at radius 1 is 1.25 bits per heavy atom. The van der Waals surface area contributed by atoms with Crippen LogP contribution in [0.25, 0.3) is 10.9 Å². The number of halogens is 1. The summed E-state index contributed by atoms with van der Waals surface area (Å²) in [6.45, 7) is 0.904. The molecule has 3 nitrogen and oxygen atoms in total. The minimum atomic E-state index is 0.0464. The standard InChI is InChI=1S/C12H12ClNO2/c13-12-4-2-10-7-9(8-16-6-5-15)1-3-11(10)14-12/h1-4,7,15H,5-6,8H2. The van der Waals surface area contributed by atoms with Crippen molar-refractivity contribution in [3.63, 3.8) is 0 Å². The number of hydrogen-bond acceptors (Lipinski definition) is 3. The van der Waals surface area contributed by atoms with Crippen LogP contribution < -0.4 is 0 Å². The van der Waals surface area contributed by atoms with Crippen molar-refractivity contribution < 1.29 is 9.84 Å². The Hall–Kier alpha value is -1.16. The number of aliphatic hydroxyl groups is 1.